The average Bonchev–Trinajstić information content (AvgIpc) is 0.700. The summed E-state index contributed by atoms with van der Waals surface area (Å²) in [5, 5.41) is 0. The monoisotopic (exact) mass is 1880 g/mol. The van der Waals surface area contributed by atoms with Gasteiger partial charge in [0, 0.05) is 91.2 Å². The van der Waals surface area contributed by atoms with Gasteiger partial charge >= 0.3 is 0 Å². The Balaban J connectivity index is 0.808. The zero-order valence-electron chi connectivity index (χ0n) is 91.0. The highest BCUT2D eigenvalue weighted by atomic mass is 15.2. The van der Waals surface area contributed by atoms with Crippen LogP contribution >= 0.6 is 0 Å². The van der Waals surface area contributed by atoms with Crippen molar-refractivity contribution < 1.29 is 0 Å². The number of hydrogen-bond donors (Lipinski definition) is 0. The maximum absolute atomic E-state index is 2.66. The van der Waals surface area contributed by atoms with E-state index in [9.17, 15) is 0 Å². The molecule has 0 saturated carbocycles. The molecule has 1 atom stereocenters. The Bertz CT molecular complexity index is 7130. The molecule has 0 saturated heterocycles. The van der Waals surface area contributed by atoms with Crippen molar-refractivity contribution in [2.24, 2.45) is 0 Å². The quantitative estimate of drug-likeness (QED) is 0.134. The molecule has 6 aliphatic heterocycles. The van der Waals surface area contributed by atoms with E-state index in [-0.39, 0.29) is 74.8 Å². The van der Waals surface area contributed by atoms with Crippen molar-refractivity contribution in [3.05, 3.63) is 393 Å². The lowest BCUT2D eigenvalue weighted by molar-refractivity contribution is 0.589. The first-order chi connectivity index (χ1) is 67.8. The summed E-state index contributed by atoms with van der Waals surface area (Å²) in [6.45, 7) is 69.9. The third-order valence-electron chi connectivity index (χ3n) is 32.5. The smallest absolute Gasteiger partial charge is 0.252 e. The van der Waals surface area contributed by atoms with E-state index in [1.165, 1.54) is 189 Å². The van der Waals surface area contributed by atoms with Crippen LogP contribution in [0, 0.1) is 20.8 Å². The Hall–Kier alpha value is -13.3. The summed E-state index contributed by atoms with van der Waals surface area (Å²) in [6.07, 6.45) is 0. The van der Waals surface area contributed by atoms with Crippen LogP contribution in [0.15, 0.2) is 309 Å². The van der Waals surface area contributed by atoms with Crippen LogP contribution in [-0.2, 0) is 48.7 Å². The van der Waals surface area contributed by atoms with Crippen molar-refractivity contribution in [2.45, 2.75) is 262 Å². The normalized spacial score (nSPS) is 14.8. The van der Waals surface area contributed by atoms with Crippen LogP contribution in [0.5, 0.6) is 0 Å². The van der Waals surface area contributed by atoms with Crippen molar-refractivity contribution in [2.75, 3.05) is 24.5 Å². The molecular formula is C136H142B3N5. The molecule has 144 heavy (non-hydrogen) atoms. The van der Waals surface area contributed by atoms with Crippen molar-refractivity contribution in [1.29, 1.82) is 0 Å². The highest BCUT2D eigenvalue weighted by Crippen LogP contribution is 2.54. The van der Waals surface area contributed by atoms with E-state index >= 15 is 0 Å². The fourth-order valence-corrected chi connectivity index (χ4v) is 24.2. The molecule has 5 nitrogen and oxygen atoms in total. The Morgan fingerprint density at radius 1 is 0.167 bits per heavy atom. The first-order valence-electron chi connectivity index (χ1n) is 52.9. The van der Waals surface area contributed by atoms with Gasteiger partial charge in [0.2, 0.25) is 6.71 Å². The lowest BCUT2D eigenvalue weighted by Gasteiger charge is -2.45. The standard InChI is InChI=1S/C136H142B3N5/c1-82-67-107-124(85-31-36-92(37-32-85)128(4,5)6)106-61-48-98(134(22,23)24)79-111(106)137-108-62-33-86(76-116(108)142(119(68-82)125(107)137)103-55-42-95(43-56-103)131(13,14)15)89-73-90(87-34-63-109-117(77-87)143(104-57-44-96(45-58-104)132(16,17)18)122-71-83(2)69-120-126(122)138(109)112-80-99(135(25,26)27)49-65-114(112)140(120)101-51-38-93(39-52-101)129(7,8)9)75-91(74-89)88-35-64-110-118(78-88)144(105-59-46-97(47-60-105)133(19,20)21)123-72-84(3)70-121-127(123)139(110)113-81-100(136(28,29)30)50-66-115(113)141(121)102-53-40-94(41-54-102)130(10,11)12/h31-81,124H,1-30H3. The lowest BCUT2D eigenvalue weighted by Crippen LogP contribution is -2.62. The molecule has 0 radical (unpaired) electrons. The van der Waals surface area contributed by atoms with Gasteiger partial charge in [-0.2, -0.15) is 0 Å². The fraction of sp³-hybridized carbons (Fsp3) is 0.294. The highest BCUT2D eigenvalue weighted by molar-refractivity contribution is 7.01. The lowest BCUT2D eigenvalue weighted by atomic mass is 9.31. The summed E-state index contributed by atoms with van der Waals surface area (Å²) in [4.78, 5) is 13.1. The zero-order chi connectivity index (χ0) is 102. The maximum Gasteiger partial charge on any atom is 0.252 e. The molecule has 0 N–H and O–H groups in total. The Kier molecular flexibility index (Phi) is 22.2. The van der Waals surface area contributed by atoms with Gasteiger partial charge in [-0.05, 0) is 370 Å². The van der Waals surface area contributed by atoms with E-state index < -0.39 is 0 Å². The van der Waals surface area contributed by atoms with Crippen molar-refractivity contribution >= 4 is 155 Å². The minimum absolute atomic E-state index is 0.00134. The van der Waals surface area contributed by atoms with Crippen LogP contribution in [0.3, 0.4) is 0 Å². The SMILES string of the molecule is Cc1cc2c3c(c1)N(c1ccc(C(C)(C)C)cc1)c1cc(-c4cc(-c5ccc6c(c5)N(c5ccc(C(C)(C)C)cc5)c5cc(C)cc7c5B6c5cc(C(C)(C)C)ccc5N7c5ccc(C(C)(C)C)cc5)cc(-c5ccc6c(c5)N(c5ccc(C(C)(C)C)cc5)c5cc(C)cc7c5B6c5cc(C(C)(C)C)ccc5N7c5ccc(C(C)(C)C)cc5)c4)ccc1B3c1cc(C(C)(C)C)ccc1C2c1ccc(C(C)(C)C)cc1. The van der Waals surface area contributed by atoms with Crippen LogP contribution in [0.25, 0.3) is 33.4 Å². The number of fused-ring (bicyclic) bond motifs is 12. The molecule has 0 fully saturated rings. The molecule has 22 rings (SSSR count). The van der Waals surface area contributed by atoms with E-state index in [2.05, 4.69) is 542 Å². The number of aryl methyl sites for hydroxylation is 3. The number of anilines is 15. The molecular weight excluding hydrogens is 1740 g/mol. The predicted molar refractivity (Wildman–Crippen MR) is 626 cm³/mol. The van der Waals surface area contributed by atoms with Crippen LogP contribution in [-0.4, -0.2) is 20.1 Å². The molecule has 0 bridgehead atoms. The molecule has 16 aromatic carbocycles. The van der Waals surface area contributed by atoms with Crippen LogP contribution in [0.4, 0.5) is 85.3 Å². The number of nitrogens with zero attached hydrogens (tertiary/aromatic N) is 5. The van der Waals surface area contributed by atoms with Gasteiger partial charge in [-0.1, -0.05) is 362 Å². The minimum atomic E-state index is -0.127. The molecule has 6 heterocycles. The molecule has 16 aromatic rings. The van der Waals surface area contributed by atoms with Gasteiger partial charge < -0.3 is 24.5 Å². The van der Waals surface area contributed by atoms with Gasteiger partial charge in [0.05, 0.1) is 0 Å². The average molecular weight is 1880 g/mol. The molecule has 0 amide bonds. The Labute approximate surface area is 861 Å². The first kappa shape index (κ1) is 95.6. The Morgan fingerprint density at radius 2 is 0.396 bits per heavy atom. The molecule has 0 spiro atoms. The molecule has 1 unspecified atom stereocenters. The summed E-state index contributed by atoms with van der Waals surface area (Å²) in [5.41, 5.74) is 55.4. The molecule has 6 aliphatic rings. The van der Waals surface area contributed by atoms with E-state index in [0.29, 0.717) is 0 Å². The molecule has 0 aliphatic carbocycles. The summed E-state index contributed by atoms with van der Waals surface area (Å²) in [6, 6.07) is 125. The minimum Gasteiger partial charge on any atom is -0.311 e. The van der Waals surface area contributed by atoms with E-state index in [4.69, 9.17) is 0 Å². The van der Waals surface area contributed by atoms with Gasteiger partial charge in [0.25, 0.3) is 13.4 Å². The summed E-state index contributed by atoms with van der Waals surface area (Å²) < 4.78 is 0. The molecule has 8 heteroatoms. The number of rotatable bonds is 9. The predicted octanol–water partition coefficient (Wildman–Crippen LogP) is 31.2. The number of hydrogen-bond acceptors (Lipinski definition) is 5. The van der Waals surface area contributed by atoms with Gasteiger partial charge in [-0.15, -0.1) is 0 Å². The summed E-state index contributed by atoms with van der Waals surface area (Å²) >= 11 is 0. The largest absolute Gasteiger partial charge is 0.311 e. The van der Waals surface area contributed by atoms with Crippen LogP contribution < -0.4 is 73.7 Å². The second-order valence-electron chi connectivity index (χ2n) is 52.2. The molecule has 0 aromatic heterocycles. The van der Waals surface area contributed by atoms with Gasteiger partial charge in [-0.25, -0.2) is 0 Å². The maximum atomic E-state index is 2.66. The van der Waals surface area contributed by atoms with E-state index in [1.807, 2.05) is 0 Å². The third-order valence-corrected chi connectivity index (χ3v) is 32.5. The van der Waals surface area contributed by atoms with Gasteiger partial charge in [0.15, 0.2) is 0 Å². The van der Waals surface area contributed by atoms with Crippen molar-refractivity contribution in [1.82, 2.24) is 0 Å². The first-order valence-corrected chi connectivity index (χ1v) is 52.9. The fourth-order valence-electron chi connectivity index (χ4n) is 24.2. The van der Waals surface area contributed by atoms with Crippen LogP contribution in [0.2, 0.25) is 0 Å². The van der Waals surface area contributed by atoms with E-state index in [0.717, 1.165) is 61.8 Å². The molecule has 720 valence electrons. The Morgan fingerprint density at radius 3 is 0.674 bits per heavy atom. The second-order valence-corrected chi connectivity index (χ2v) is 52.2. The van der Waals surface area contributed by atoms with Crippen molar-refractivity contribution in [3.63, 3.8) is 0 Å². The highest BCUT2D eigenvalue weighted by Gasteiger charge is 2.50. The van der Waals surface area contributed by atoms with Crippen LogP contribution in [0.1, 0.15) is 276 Å². The third kappa shape index (κ3) is 16.3. The second kappa shape index (κ2) is 33.4. The van der Waals surface area contributed by atoms with Crippen molar-refractivity contribution in [3.8, 4) is 33.4 Å². The zero-order valence-corrected chi connectivity index (χ0v) is 91.0. The van der Waals surface area contributed by atoms with Gasteiger partial charge in [0.1, 0.15) is 0 Å². The number of benzene rings is 16. The topological polar surface area (TPSA) is 16.2 Å². The van der Waals surface area contributed by atoms with E-state index in [1.54, 1.807) is 0 Å². The summed E-state index contributed by atoms with van der Waals surface area (Å²) in [7, 11) is 0. The summed E-state index contributed by atoms with van der Waals surface area (Å²) in [5.74, 6) is 0.00134. The van der Waals surface area contributed by atoms with Gasteiger partial charge in [-0.3, -0.25) is 0 Å².